The Morgan fingerprint density at radius 2 is 1.00 bits per heavy atom. The molecule has 0 saturated carbocycles. The van der Waals surface area contributed by atoms with E-state index in [2.05, 4.69) is 0 Å². The molecule has 0 aromatic carbocycles. The summed E-state index contributed by atoms with van der Waals surface area (Å²) in [5.41, 5.74) is 0. The predicted octanol–water partition coefficient (Wildman–Crippen LogP) is -9.18. The molecule has 0 rings (SSSR count). The van der Waals surface area contributed by atoms with Crippen molar-refractivity contribution in [3.63, 3.8) is 0 Å². The fourth-order valence-electron chi connectivity index (χ4n) is 0. The SMILES string of the molecule is [F-].[NH4+].[Na+].[O-][Br+2]([O-])[O-]. The van der Waals surface area contributed by atoms with E-state index >= 15 is 0 Å². The van der Waals surface area contributed by atoms with Crippen LogP contribution in [-0.2, 0) is 0 Å². The molecule has 0 bridgehead atoms. The van der Waals surface area contributed by atoms with Crippen LogP contribution in [0, 0.1) is 14.8 Å². The van der Waals surface area contributed by atoms with Crippen LogP contribution in [0.15, 0.2) is 0 Å². The van der Waals surface area contributed by atoms with Gasteiger partial charge in [-0.05, 0) is 0 Å². The average Bonchev–Trinajstić information content (AvgIpc) is 0.811. The Balaban J connectivity index is -0.0000000150. The summed E-state index contributed by atoms with van der Waals surface area (Å²) in [6.45, 7) is 0. The van der Waals surface area contributed by atoms with Gasteiger partial charge in [0.25, 0.3) is 0 Å². The third kappa shape index (κ3) is 128. The van der Waals surface area contributed by atoms with E-state index in [4.69, 9.17) is 12.6 Å². The standard InChI is InChI=1S/BrO3.FH.H3N.Na/c2-1(3)4;;;/h;1H;1H3;/q-1;;;+1. The van der Waals surface area contributed by atoms with Gasteiger partial charge in [0.05, 0.1) is 0 Å². The third-order valence-corrected chi connectivity index (χ3v) is 0. The molecule has 0 amide bonds. The Hall–Kier alpha value is 1.25. The molecule has 0 heterocycles. The van der Waals surface area contributed by atoms with E-state index in [0.29, 0.717) is 0 Å². The Kier molecular flexibility index (Phi) is 53.8. The van der Waals surface area contributed by atoms with E-state index in [9.17, 15) is 0 Å². The second-order valence-corrected chi connectivity index (χ2v) is 0.982. The number of rotatable bonds is 0. The fourth-order valence-corrected chi connectivity index (χ4v) is 0. The molecule has 0 saturated heterocycles. The van der Waals surface area contributed by atoms with Gasteiger partial charge in [-0.2, -0.15) is 0 Å². The monoisotopic (exact) mass is 187 g/mol. The summed E-state index contributed by atoms with van der Waals surface area (Å²) in [5, 5.41) is 0. The van der Waals surface area contributed by atoms with Crippen LogP contribution in [0.2, 0.25) is 0 Å². The van der Waals surface area contributed by atoms with Crippen molar-refractivity contribution in [2.75, 3.05) is 0 Å². The molecule has 7 heteroatoms. The van der Waals surface area contributed by atoms with Crippen LogP contribution in [-0.4, -0.2) is 0 Å². The van der Waals surface area contributed by atoms with E-state index in [0.717, 1.165) is 0 Å². The molecule has 42 valence electrons. The summed E-state index contributed by atoms with van der Waals surface area (Å²) in [5.74, 6) is 0. The van der Waals surface area contributed by atoms with Crippen LogP contribution in [0.3, 0.4) is 0 Å². The average molecular weight is 188 g/mol. The summed E-state index contributed by atoms with van der Waals surface area (Å²) >= 11 is -3.65. The first-order valence-electron chi connectivity index (χ1n) is 0.463. The first-order valence-corrected chi connectivity index (χ1v) is 2.41. The largest absolute Gasteiger partial charge is 1.00 e. The van der Waals surface area contributed by atoms with E-state index in [1.165, 1.54) is 0 Å². The zero-order valence-corrected chi connectivity index (χ0v) is 7.57. The van der Waals surface area contributed by atoms with Crippen molar-refractivity contribution in [2.45, 2.75) is 0 Å². The van der Waals surface area contributed by atoms with Gasteiger partial charge < -0.3 is 23.4 Å². The Bertz CT molecular complexity index is 19.7. The van der Waals surface area contributed by atoms with E-state index in [1.807, 2.05) is 0 Å². The molecule has 0 atom stereocenters. The number of halogens is 2. The summed E-state index contributed by atoms with van der Waals surface area (Å²) in [4.78, 5) is 0. The molecule has 0 aliphatic rings. The van der Waals surface area contributed by atoms with Crippen molar-refractivity contribution in [1.82, 2.24) is 6.15 Å². The van der Waals surface area contributed by atoms with Crippen LogP contribution in [0.25, 0.3) is 0 Å². The van der Waals surface area contributed by atoms with Crippen molar-refractivity contribution in [3.05, 3.63) is 0 Å². The number of hydrogen-bond donors (Lipinski definition) is 1. The predicted molar refractivity (Wildman–Crippen MR) is 5.98 cm³/mol. The van der Waals surface area contributed by atoms with Crippen molar-refractivity contribution in [1.29, 1.82) is 0 Å². The van der Waals surface area contributed by atoms with Crippen molar-refractivity contribution >= 4 is 0 Å². The minimum absolute atomic E-state index is 0. The van der Waals surface area contributed by atoms with Gasteiger partial charge in [-0.1, -0.05) is 0 Å². The minimum Gasteiger partial charge on any atom is -1.00 e. The molecular formula is H4BrFNNaO3. The fraction of sp³-hybridized carbons (Fsp3) is 0. The smallest absolute Gasteiger partial charge is 1.00 e. The van der Waals surface area contributed by atoms with E-state index in [-0.39, 0.29) is 40.4 Å². The Morgan fingerprint density at radius 3 is 1.00 bits per heavy atom. The van der Waals surface area contributed by atoms with Crippen LogP contribution < -0.4 is 53.0 Å². The van der Waals surface area contributed by atoms with Crippen LogP contribution in [0.1, 0.15) is 0 Å². The first kappa shape index (κ1) is 24.0. The van der Waals surface area contributed by atoms with Crippen LogP contribution in [0.4, 0.5) is 0 Å². The van der Waals surface area contributed by atoms with Gasteiger partial charge >= 0.3 is 29.6 Å². The van der Waals surface area contributed by atoms with Crippen molar-refractivity contribution in [2.24, 2.45) is 0 Å². The van der Waals surface area contributed by atoms with Gasteiger partial charge in [-0.25, -0.2) is 0 Å². The first-order chi connectivity index (χ1) is 1.73. The second kappa shape index (κ2) is 15.7. The Morgan fingerprint density at radius 1 is 1.00 bits per heavy atom. The van der Waals surface area contributed by atoms with Gasteiger partial charge in [0.1, 0.15) is 0 Å². The maximum absolute atomic E-state index is 8.52. The molecule has 0 aromatic rings. The molecule has 4 nitrogen and oxygen atoms in total. The van der Waals surface area contributed by atoms with Gasteiger partial charge in [-0.15, -0.1) is 0 Å². The topological polar surface area (TPSA) is 106 Å². The molecule has 0 aliphatic heterocycles. The third-order valence-electron chi connectivity index (χ3n) is 0. The Labute approximate surface area is 67.6 Å². The van der Waals surface area contributed by atoms with Crippen molar-refractivity contribution < 1.29 is 61.7 Å². The van der Waals surface area contributed by atoms with Gasteiger partial charge in [0.15, 0.2) is 0 Å². The number of quaternary nitrogens is 1. The molecule has 0 radical (unpaired) electrons. The van der Waals surface area contributed by atoms with Crippen LogP contribution in [0.5, 0.6) is 0 Å². The van der Waals surface area contributed by atoms with Gasteiger partial charge in [-0.3, -0.25) is 0 Å². The normalized spacial score (nSPS) is 5.14. The molecule has 0 aliphatic carbocycles. The summed E-state index contributed by atoms with van der Waals surface area (Å²) in [6.07, 6.45) is 0. The van der Waals surface area contributed by atoms with Gasteiger partial charge in [0, 0.05) is 0 Å². The maximum Gasteiger partial charge on any atom is 1.00 e. The molecule has 0 fully saturated rings. The molecule has 0 aromatic heterocycles. The maximum atomic E-state index is 8.52. The molecule has 7 heavy (non-hydrogen) atoms. The zero-order chi connectivity index (χ0) is 3.58. The zero-order valence-electron chi connectivity index (χ0n) is 3.98. The van der Waals surface area contributed by atoms with E-state index < -0.39 is 14.8 Å². The summed E-state index contributed by atoms with van der Waals surface area (Å²) in [7, 11) is 0. The summed E-state index contributed by atoms with van der Waals surface area (Å²) in [6, 6.07) is 0. The minimum atomic E-state index is -3.65. The quantitative estimate of drug-likeness (QED) is 0.381. The molecule has 0 spiro atoms. The second-order valence-electron chi connectivity index (χ2n) is 0.189. The molecule has 0 unspecified atom stereocenters. The number of hydrogen-bond acceptors (Lipinski definition) is 3. The molecular weight excluding hydrogens is 184 g/mol. The van der Waals surface area contributed by atoms with Gasteiger partial charge in [0.2, 0.25) is 14.8 Å². The van der Waals surface area contributed by atoms with E-state index in [1.54, 1.807) is 0 Å². The van der Waals surface area contributed by atoms with Crippen molar-refractivity contribution in [3.8, 4) is 0 Å². The summed E-state index contributed by atoms with van der Waals surface area (Å²) < 4.78 is 25.6. The molecule has 4 N–H and O–H groups in total. The van der Waals surface area contributed by atoms with Crippen LogP contribution >= 0.6 is 0 Å².